The number of thioether (sulfide) groups is 1. The Labute approximate surface area is 91.5 Å². The summed E-state index contributed by atoms with van der Waals surface area (Å²) in [5, 5.41) is 10.3. The van der Waals surface area contributed by atoms with Crippen molar-refractivity contribution in [1.82, 2.24) is 0 Å². The van der Waals surface area contributed by atoms with Gasteiger partial charge in [-0.25, -0.2) is 4.39 Å². The second-order valence-corrected chi connectivity index (χ2v) is 4.19. The van der Waals surface area contributed by atoms with Crippen molar-refractivity contribution in [2.24, 2.45) is 0 Å². The molecule has 0 aliphatic heterocycles. The van der Waals surface area contributed by atoms with Gasteiger partial charge in [-0.2, -0.15) is 11.8 Å². The summed E-state index contributed by atoms with van der Waals surface area (Å²) in [5.74, 6) is -0.352. The average Bonchev–Trinajstić information content (AvgIpc) is 2.20. The van der Waals surface area contributed by atoms with Crippen molar-refractivity contribution in [3.05, 3.63) is 35.6 Å². The summed E-state index contributed by atoms with van der Waals surface area (Å²) >= 11 is 1.44. The number of carbonyl (C=O) groups is 1. The zero-order valence-electron chi connectivity index (χ0n) is 8.11. The molecular formula is C10H12FNO2S. The Hall–Kier alpha value is -1.07. The molecule has 0 saturated heterocycles. The Morgan fingerprint density at radius 2 is 2.07 bits per heavy atom. The molecule has 0 unspecified atom stereocenters. The van der Waals surface area contributed by atoms with E-state index in [0.717, 1.165) is 5.56 Å². The summed E-state index contributed by atoms with van der Waals surface area (Å²) in [6.07, 6.45) is 0. The van der Waals surface area contributed by atoms with E-state index in [9.17, 15) is 14.3 Å². The van der Waals surface area contributed by atoms with E-state index < -0.39 is 12.0 Å². The third-order valence-electron chi connectivity index (χ3n) is 1.83. The number of hydrogen-bond acceptors (Lipinski definition) is 3. The number of carboxylic acid groups (broad SMARTS) is 1. The summed E-state index contributed by atoms with van der Waals surface area (Å²) < 4.78 is 12.5. The lowest BCUT2D eigenvalue weighted by Gasteiger charge is -2.08. The standard InChI is InChI=1S/C10H12FNO2S/c11-8-3-1-7(2-4-8)5-15-6-9(12)10(13)14/h1-4,9H,5-6,12H2,(H,13,14)/t9-/m0/s1. The van der Waals surface area contributed by atoms with Crippen molar-refractivity contribution >= 4 is 17.7 Å². The topological polar surface area (TPSA) is 67.8 Å². The van der Waals surface area contributed by atoms with Gasteiger partial charge >= 0.3 is 0 Å². The summed E-state index contributed by atoms with van der Waals surface area (Å²) in [5.41, 5.74) is 4.40. The molecule has 0 radical (unpaired) electrons. The van der Waals surface area contributed by atoms with E-state index in [0.29, 0.717) is 11.5 Å². The number of halogens is 1. The second kappa shape index (κ2) is 5.72. The third-order valence-corrected chi connectivity index (χ3v) is 3.01. The molecule has 3 nitrogen and oxygen atoms in total. The van der Waals surface area contributed by atoms with E-state index in [1.807, 2.05) is 0 Å². The normalized spacial score (nSPS) is 12.4. The predicted molar refractivity (Wildman–Crippen MR) is 54.2 cm³/mol. The molecule has 0 aromatic heterocycles. The summed E-state index contributed by atoms with van der Waals surface area (Å²) in [6.45, 7) is 0. The second-order valence-electron chi connectivity index (χ2n) is 3.16. The molecule has 0 saturated carbocycles. The van der Waals surface area contributed by atoms with Crippen LogP contribution in [0.15, 0.2) is 24.3 Å². The Morgan fingerprint density at radius 3 is 2.60 bits per heavy atom. The van der Waals surface area contributed by atoms with Crippen LogP contribution in [0, 0.1) is 5.82 Å². The van der Waals surface area contributed by atoms with Gasteiger partial charge in [0.05, 0.1) is 11.7 Å². The molecule has 1 aromatic carbocycles. The van der Waals surface area contributed by atoms with Gasteiger partial charge in [-0.05, 0) is 17.7 Å². The van der Waals surface area contributed by atoms with Crippen molar-refractivity contribution in [1.29, 1.82) is 0 Å². The molecule has 3 N–H and O–H groups in total. The Balaban J connectivity index is 2.32. The van der Waals surface area contributed by atoms with Crippen LogP contribution in [0.3, 0.4) is 0 Å². The molecule has 0 bridgehead atoms. The van der Waals surface area contributed by atoms with Crippen molar-refractivity contribution < 1.29 is 20.0 Å². The molecule has 15 heavy (non-hydrogen) atoms. The number of carboxylic acids is 1. The van der Waals surface area contributed by atoms with Crippen LogP contribution in [0.5, 0.6) is 0 Å². The molecule has 0 amide bonds. The summed E-state index contributed by atoms with van der Waals surface area (Å²) in [6, 6.07) is 5.43. The van der Waals surface area contributed by atoms with Gasteiger partial charge in [0.1, 0.15) is 11.9 Å². The third kappa shape index (κ3) is 4.31. The van der Waals surface area contributed by atoms with Gasteiger partial charge in [0, 0.05) is 5.75 Å². The van der Waals surface area contributed by atoms with E-state index >= 15 is 0 Å². The van der Waals surface area contributed by atoms with E-state index in [4.69, 9.17) is 0 Å². The molecule has 1 aromatic rings. The van der Waals surface area contributed by atoms with Crippen LogP contribution in [0.2, 0.25) is 0 Å². The number of carbonyl (C=O) groups excluding carboxylic acids is 1. The number of hydrogen-bond donors (Lipinski definition) is 1. The molecule has 0 spiro atoms. The Bertz CT molecular complexity index is 329. The molecule has 0 aliphatic rings. The lowest BCUT2D eigenvalue weighted by Crippen LogP contribution is -2.69. The Kier molecular flexibility index (Phi) is 4.58. The number of aliphatic carboxylic acids is 1. The summed E-state index contributed by atoms with van der Waals surface area (Å²) in [4.78, 5) is 10.3. The van der Waals surface area contributed by atoms with Gasteiger partial charge in [-0.3, -0.25) is 0 Å². The largest absolute Gasteiger partial charge is 0.544 e. The lowest BCUT2D eigenvalue weighted by atomic mass is 10.2. The first-order valence-corrected chi connectivity index (χ1v) is 5.61. The fourth-order valence-electron chi connectivity index (χ4n) is 0.968. The Morgan fingerprint density at radius 1 is 1.47 bits per heavy atom. The van der Waals surface area contributed by atoms with Crippen LogP contribution in [0.1, 0.15) is 5.56 Å². The minimum Gasteiger partial charge on any atom is -0.544 e. The maximum atomic E-state index is 12.5. The zero-order valence-corrected chi connectivity index (χ0v) is 8.93. The first-order valence-electron chi connectivity index (χ1n) is 4.45. The molecule has 0 aliphatic carbocycles. The van der Waals surface area contributed by atoms with Crippen LogP contribution < -0.4 is 10.8 Å². The van der Waals surface area contributed by atoms with E-state index in [-0.39, 0.29) is 5.82 Å². The van der Waals surface area contributed by atoms with Crippen molar-refractivity contribution in [3.63, 3.8) is 0 Å². The maximum Gasteiger partial charge on any atom is 0.134 e. The molecule has 5 heteroatoms. The molecule has 1 rings (SSSR count). The van der Waals surface area contributed by atoms with Crippen molar-refractivity contribution in [2.75, 3.05) is 5.75 Å². The molecule has 0 fully saturated rings. The highest BCUT2D eigenvalue weighted by molar-refractivity contribution is 7.98. The predicted octanol–water partition coefficient (Wildman–Crippen LogP) is -0.581. The molecule has 82 valence electrons. The number of quaternary nitrogens is 1. The maximum absolute atomic E-state index is 12.5. The highest BCUT2D eigenvalue weighted by Crippen LogP contribution is 2.12. The van der Waals surface area contributed by atoms with Gasteiger partial charge in [0.2, 0.25) is 0 Å². The highest BCUT2D eigenvalue weighted by atomic mass is 32.2. The van der Waals surface area contributed by atoms with Gasteiger partial charge < -0.3 is 15.6 Å². The van der Waals surface area contributed by atoms with Gasteiger partial charge in [-0.15, -0.1) is 0 Å². The average molecular weight is 229 g/mol. The quantitative estimate of drug-likeness (QED) is 0.734. The minimum absolute atomic E-state index is 0.270. The van der Waals surface area contributed by atoms with Crippen LogP contribution in [-0.4, -0.2) is 17.8 Å². The number of rotatable bonds is 5. The summed E-state index contributed by atoms with van der Waals surface area (Å²) in [7, 11) is 0. The van der Waals surface area contributed by atoms with Crippen LogP contribution in [0.4, 0.5) is 4.39 Å². The van der Waals surface area contributed by atoms with Crippen molar-refractivity contribution in [2.45, 2.75) is 11.8 Å². The molecular weight excluding hydrogens is 217 g/mol. The SMILES string of the molecule is [NH3+][C@@H](CSCc1ccc(F)cc1)C(=O)[O-]. The number of benzene rings is 1. The van der Waals surface area contributed by atoms with Crippen LogP contribution in [0.25, 0.3) is 0 Å². The fourth-order valence-corrected chi connectivity index (χ4v) is 1.93. The van der Waals surface area contributed by atoms with Crippen LogP contribution in [-0.2, 0) is 10.5 Å². The smallest absolute Gasteiger partial charge is 0.134 e. The zero-order chi connectivity index (χ0) is 11.3. The lowest BCUT2D eigenvalue weighted by molar-refractivity contribution is -0.431. The highest BCUT2D eigenvalue weighted by Gasteiger charge is 2.06. The first kappa shape index (κ1) is 12.0. The molecule has 1 atom stereocenters. The van der Waals surface area contributed by atoms with Crippen molar-refractivity contribution in [3.8, 4) is 0 Å². The van der Waals surface area contributed by atoms with E-state index in [1.54, 1.807) is 12.1 Å². The monoisotopic (exact) mass is 229 g/mol. The van der Waals surface area contributed by atoms with E-state index in [1.165, 1.54) is 23.9 Å². The van der Waals surface area contributed by atoms with Gasteiger partial charge in [0.15, 0.2) is 0 Å². The molecule has 0 heterocycles. The fraction of sp³-hybridized carbons (Fsp3) is 0.300. The van der Waals surface area contributed by atoms with Gasteiger partial charge in [-0.1, -0.05) is 12.1 Å². The van der Waals surface area contributed by atoms with Crippen LogP contribution >= 0.6 is 11.8 Å². The first-order chi connectivity index (χ1) is 7.09. The minimum atomic E-state index is -1.14. The van der Waals surface area contributed by atoms with E-state index in [2.05, 4.69) is 5.73 Å². The van der Waals surface area contributed by atoms with Gasteiger partial charge in [0.25, 0.3) is 0 Å².